The summed E-state index contributed by atoms with van der Waals surface area (Å²) in [4.78, 5) is 15.7. The molecule has 0 saturated heterocycles. The van der Waals surface area contributed by atoms with E-state index >= 15 is 0 Å². The van der Waals surface area contributed by atoms with Gasteiger partial charge in [0, 0.05) is 12.4 Å². The fourth-order valence-corrected chi connectivity index (χ4v) is 1.82. The fraction of sp³-hybridized carbons (Fsp3) is 0.231. The Morgan fingerprint density at radius 2 is 1.95 bits per heavy atom. The Bertz CT molecular complexity index is 629. The van der Waals surface area contributed by atoms with Gasteiger partial charge in [-0.1, -0.05) is 0 Å². The molecule has 0 radical (unpaired) electrons. The van der Waals surface area contributed by atoms with Crippen LogP contribution in [0.2, 0.25) is 0 Å². The maximum atomic E-state index is 12.8. The predicted octanol–water partition coefficient (Wildman–Crippen LogP) is 3.54. The third-order valence-electron chi connectivity index (χ3n) is 2.66. The van der Waals surface area contributed by atoms with Crippen LogP contribution in [0.5, 0.6) is 0 Å². The van der Waals surface area contributed by atoms with Gasteiger partial charge in [-0.3, -0.25) is 9.78 Å². The van der Waals surface area contributed by atoms with Crippen LogP contribution < -0.4 is 0 Å². The molecule has 2 aromatic heterocycles. The van der Waals surface area contributed by atoms with Crippen molar-refractivity contribution in [3.63, 3.8) is 0 Å². The average molecular weight is 269 g/mol. The Morgan fingerprint density at radius 1 is 1.26 bits per heavy atom. The van der Waals surface area contributed by atoms with Crippen molar-refractivity contribution in [1.29, 1.82) is 0 Å². The molecular weight excluding hydrogens is 259 g/mol. The SMILES string of the molecule is Cc1cc(C(=O)c2cnccc2C(F)(F)F)c(C)o1. The van der Waals surface area contributed by atoms with Crippen LogP contribution in [0.25, 0.3) is 0 Å². The highest BCUT2D eigenvalue weighted by Gasteiger charge is 2.35. The number of ketones is 1. The van der Waals surface area contributed by atoms with Gasteiger partial charge in [0.2, 0.25) is 0 Å². The highest BCUT2D eigenvalue weighted by molar-refractivity contribution is 6.10. The molecule has 0 amide bonds. The van der Waals surface area contributed by atoms with Crippen molar-refractivity contribution in [2.24, 2.45) is 0 Å². The molecule has 2 rings (SSSR count). The summed E-state index contributed by atoms with van der Waals surface area (Å²) in [6.45, 7) is 3.15. The standard InChI is InChI=1S/C13H10F3NO2/c1-7-5-9(8(2)19-7)12(18)10-6-17-4-3-11(10)13(14,15)16/h3-6H,1-2H3. The maximum Gasteiger partial charge on any atom is 0.417 e. The van der Waals surface area contributed by atoms with E-state index in [2.05, 4.69) is 4.98 Å². The van der Waals surface area contributed by atoms with Gasteiger partial charge in [0.05, 0.1) is 16.7 Å². The number of hydrogen-bond acceptors (Lipinski definition) is 3. The first kappa shape index (κ1) is 13.3. The van der Waals surface area contributed by atoms with Gasteiger partial charge >= 0.3 is 6.18 Å². The summed E-state index contributed by atoms with van der Waals surface area (Å²) in [5.41, 5.74) is -1.35. The minimum atomic E-state index is -4.60. The molecule has 2 heterocycles. The van der Waals surface area contributed by atoms with Crippen molar-refractivity contribution in [2.75, 3.05) is 0 Å². The van der Waals surface area contributed by atoms with Crippen molar-refractivity contribution in [1.82, 2.24) is 4.98 Å². The first-order chi connectivity index (χ1) is 8.80. The average Bonchev–Trinajstić information content (AvgIpc) is 2.66. The number of carbonyl (C=O) groups excluding carboxylic acids is 1. The monoisotopic (exact) mass is 269 g/mol. The summed E-state index contributed by atoms with van der Waals surface area (Å²) in [7, 11) is 0. The van der Waals surface area contributed by atoms with Crippen molar-refractivity contribution in [3.8, 4) is 0 Å². The second-order valence-corrected chi connectivity index (χ2v) is 4.08. The summed E-state index contributed by atoms with van der Waals surface area (Å²) in [5.74, 6) is 0.0209. The number of nitrogens with zero attached hydrogens (tertiary/aromatic N) is 1. The maximum absolute atomic E-state index is 12.8. The Labute approximate surface area is 107 Å². The van der Waals surface area contributed by atoms with E-state index in [0.29, 0.717) is 11.5 Å². The van der Waals surface area contributed by atoms with Crippen LogP contribution in [0, 0.1) is 13.8 Å². The van der Waals surface area contributed by atoms with Crippen molar-refractivity contribution in [3.05, 3.63) is 52.7 Å². The van der Waals surface area contributed by atoms with E-state index in [-0.39, 0.29) is 5.56 Å². The lowest BCUT2D eigenvalue weighted by molar-refractivity contribution is -0.137. The first-order valence-electron chi connectivity index (χ1n) is 5.43. The molecule has 0 atom stereocenters. The van der Waals surface area contributed by atoms with Crippen molar-refractivity contribution >= 4 is 5.78 Å². The number of aromatic nitrogens is 1. The van der Waals surface area contributed by atoms with Gasteiger partial charge < -0.3 is 4.42 Å². The van der Waals surface area contributed by atoms with E-state index in [1.54, 1.807) is 6.92 Å². The van der Waals surface area contributed by atoms with Gasteiger partial charge in [0.1, 0.15) is 11.5 Å². The van der Waals surface area contributed by atoms with Crippen LogP contribution in [0.4, 0.5) is 13.2 Å². The Hall–Kier alpha value is -2.11. The molecule has 0 aliphatic heterocycles. The van der Waals surface area contributed by atoms with Crippen LogP contribution in [0.1, 0.15) is 33.0 Å². The molecule has 0 N–H and O–H groups in total. The smallest absolute Gasteiger partial charge is 0.417 e. The summed E-state index contributed by atoms with van der Waals surface area (Å²) in [6, 6.07) is 2.21. The van der Waals surface area contributed by atoms with Crippen molar-refractivity contribution in [2.45, 2.75) is 20.0 Å². The number of pyridine rings is 1. The van der Waals surface area contributed by atoms with Crippen LogP contribution >= 0.6 is 0 Å². The lowest BCUT2D eigenvalue weighted by atomic mass is 10.0. The molecule has 3 nitrogen and oxygen atoms in total. The first-order valence-corrected chi connectivity index (χ1v) is 5.43. The molecule has 0 spiro atoms. The molecule has 100 valence electrons. The van der Waals surface area contributed by atoms with Crippen LogP contribution in [0.15, 0.2) is 28.9 Å². The Kier molecular flexibility index (Phi) is 3.18. The third-order valence-corrected chi connectivity index (χ3v) is 2.66. The van der Waals surface area contributed by atoms with Crippen molar-refractivity contribution < 1.29 is 22.4 Å². The number of furan rings is 1. The molecule has 0 aliphatic carbocycles. The predicted molar refractivity (Wildman–Crippen MR) is 60.9 cm³/mol. The number of carbonyl (C=O) groups is 1. The van der Waals surface area contributed by atoms with Gasteiger partial charge in [-0.15, -0.1) is 0 Å². The summed E-state index contributed by atoms with van der Waals surface area (Å²) in [5, 5.41) is 0. The largest absolute Gasteiger partial charge is 0.466 e. The molecule has 0 fully saturated rings. The zero-order valence-electron chi connectivity index (χ0n) is 10.2. The molecule has 19 heavy (non-hydrogen) atoms. The number of halogens is 3. The molecule has 2 aromatic rings. The van der Waals surface area contributed by atoms with E-state index < -0.39 is 23.1 Å². The minimum absolute atomic E-state index is 0.121. The van der Waals surface area contributed by atoms with E-state index in [1.165, 1.54) is 13.0 Å². The lowest BCUT2D eigenvalue weighted by Crippen LogP contribution is -2.14. The van der Waals surface area contributed by atoms with E-state index in [1.807, 2.05) is 0 Å². The minimum Gasteiger partial charge on any atom is -0.466 e. The van der Waals surface area contributed by atoms with E-state index in [9.17, 15) is 18.0 Å². The topological polar surface area (TPSA) is 43.1 Å². The number of aryl methyl sites for hydroxylation is 2. The molecule has 0 saturated carbocycles. The summed E-state index contributed by atoms with van der Waals surface area (Å²) < 4.78 is 43.6. The lowest BCUT2D eigenvalue weighted by Gasteiger charge is -2.10. The van der Waals surface area contributed by atoms with E-state index in [4.69, 9.17) is 4.42 Å². The number of alkyl halides is 3. The third kappa shape index (κ3) is 2.52. The van der Waals surface area contributed by atoms with Gasteiger partial charge in [-0.25, -0.2) is 0 Å². The zero-order valence-corrected chi connectivity index (χ0v) is 10.2. The zero-order chi connectivity index (χ0) is 14.2. The van der Waals surface area contributed by atoms with E-state index in [0.717, 1.165) is 18.5 Å². The summed E-state index contributed by atoms with van der Waals surface area (Å²) >= 11 is 0. The highest BCUT2D eigenvalue weighted by atomic mass is 19.4. The van der Waals surface area contributed by atoms with Crippen LogP contribution in [-0.2, 0) is 6.18 Å². The molecule has 0 bridgehead atoms. The van der Waals surface area contributed by atoms with Gasteiger partial charge in [0.15, 0.2) is 5.78 Å². The molecule has 0 aliphatic rings. The highest BCUT2D eigenvalue weighted by Crippen LogP contribution is 2.33. The molecule has 0 unspecified atom stereocenters. The number of rotatable bonds is 2. The fourth-order valence-electron chi connectivity index (χ4n) is 1.82. The second-order valence-electron chi connectivity index (χ2n) is 4.08. The van der Waals surface area contributed by atoms with Gasteiger partial charge in [0.25, 0.3) is 0 Å². The number of hydrogen-bond donors (Lipinski definition) is 0. The van der Waals surface area contributed by atoms with Crippen LogP contribution in [0.3, 0.4) is 0 Å². The van der Waals surface area contributed by atoms with Gasteiger partial charge in [-0.2, -0.15) is 13.2 Å². The van der Waals surface area contributed by atoms with Crippen LogP contribution in [-0.4, -0.2) is 10.8 Å². The van der Waals surface area contributed by atoms with Gasteiger partial charge in [-0.05, 0) is 26.0 Å². The Balaban J connectivity index is 2.54. The molecule has 6 heteroatoms. The molecule has 0 aromatic carbocycles. The summed E-state index contributed by atoms with van der Waals surface area (Å²) in [6.07, 6.45) is -2.67. The Morgan fingerprint density at radius 3 is 2.47 bits per heavy atom. The normalized spacial score (nSPS) is 11.6. The quantitative estimate of drug-likeness (QED) is 0.783. The second kappa shape index (κ2) is 4.53. The molecular formula is C13H10F3NO2.